The van der Waals surface area contributed by atoms with Gasteiger partial charge >= 0.3 is 6.09 Å². The van der Waals surface area contributed by atoms with Gasteiger partial charge in [-0.1, -0.05) is 45.4 Å². The van der Waals surface area contributed by atoms with Crippen LogP contribution in [0.1, 0.15) is 65.7 Å². The molecule has 0 saturated heterocycles. The zero-order chi connectivity index (χ0) is 25.1. The van der Waals surface area contributed by atoms with Crippen molar-refractivity contribution in [2.24, 2.45) is 23.7 Å². The monoisotopic (exact) mass is 480 g/mol. The minimum Gasteiger partial charge on any atom is -0.465 e. The fourth-order valence-electron chi connectivity index (χ4n) is 6.44. The van der Waals surface area contributed by atoms with E-state index >= 15 is 0 Å². The first-order chi connectivity index (χ1) is 16.7. The Morgan fingerprint density at radius 3 is 2.49 bits per heavy atom. The molecule has 35 heavy (non-hydrogen) atoms. The number of rotatable bonds is 7. The first kappa shape index (κ1) is 25.6. The summed E-state index contributed by atoms with van der Waals surface area (Å²) in [4.78, 5) is 21.2. The molecule has 2 aliphatic rings. The fraction of sp³-hybridized carbons (Fsp3) is 0.655. The molecule has 192 valence electrons. The van der Waals surface area contributed by atoms with E-state index < -0.39 is 6.09 Å². The molecule has 6 nitrogen and oxygen atoms in total. The van der Waals surface area contributed by atoms with Gasteiger partial charge in [-0.15, -0.1) is 0 Å². The topological polar surface area (TPSA) is 68.7 Å². The molecule has 0 radical (unpaired) electrons. The Bertz CT molecular complexity index is 999. The molecular weight excluding hydrogens is 436 g/mol. The molecule has 1 heterocycles. The predicted molar refractivity (Wildman–Crippen MR) is 145 cm³/mol. The van der Waals surface area contributed by atoms with Crippen LogP contribution >= 0.6 is 0 Å². The van der Waals surface area contributed by atoms with E-state index in [-0.39, 0.29) is 6.04 Å². The number of carboxylic acid groups (broad SMARTS) is 1. The second-order valence-electron chi connectivity index (χ2n) is 11.6. The van der Waals surface area contributed by atoms with Crippen molar-refractivity contribution in [3.05, 3.63) is 30.3 Å². The summed E-state index contributed by atoms with van der Waals surface area (Å²) >= 11 is 0. The maximum absolute atomic E-state index is 12.3. The fourth-order valence-corrected chi connectivity index (χ4v) is 6.44. The van der Waals surface area contributed by atoms with Gasteiger partial charge in [-0.2, -0.15) is 0 Å². The highest BCUT2D eigenvalue weighted by Crippen LogP contribution is 2.38. The van der Waals surface area contributed by atoms with E-state index in [2.05, 4.69) is 69.3 Å². The molecule has 4 rings (SSSR count). The number of amides is 1. The number of pyridine rings is 1. The molecule has 0 spiro atoms. The summed E-state index contributed by atoms with van der Waals surface area (Å²) in [5.41, 5.74) is 2.18. The zero-order valence-electron chi connectivity index (χ0n) is 22.2. The molecule has 0 bridgehead atoms. The number of benzene rings is 1. The average molecular weight is 481 g/mol. The largest absolute Gasteiger partial charge is 0.465 e. The molecule has 1 amide bonds. The number of hydrogen-bond donors (Lipinski definition) is 2. The van der Waals surface area contributed by atoms with Gasteiger partial charge < -0.3 is 20.2 Å². The van der Waals surface area contributed by atoms with Gasteiger partial charge in [0.1, 0.15) is 5.82 Å². The SMILES string of the molecule is CC(C)[C@@H]1CC[C@@H](C)C[C@H]1N(C[C@H]1CC[C@@H](Nc2cc(N(C)C)c3ccccc3n2)CC1)C(=O)O. The molecule has 1 aromatic heterocycles. The summed E-state index contributed by atoms with van der Waals surface area (Å²) in [5.74, 6) is 2.98. The molecule has 6 heteroatoms. The maximum Gasteiger partial charge on any atom is 0.407 e. The molecule has 2 N–H and O–H groups in total. The summed E-state index contributed by atoms with van der Waals surface area (Å²) in [6.45, 7) is 7.48. The lowest BCUT2D eigenvalue weighted by atomic mass is 9.73. The molecule has 2 fully saturated rings. The van der Waals surface area contributed by atoms with Crippen molar-refractivity contribution < 1.29 is 9.90 Å². The number of carbonyl (C=O) groups is 1. The summed E-state index contributed by atoms with van der Waals surface area (Å²) < 4.78 is 0. The summed E-state index contributed by atoms with van der Waals surface area (Å²) in [7, 11) is 4.14. The third-order valence-electron chi connectivity index (χ3n) is 8.46. The molecule has 1 aromatic carbocycles. The number of fused-ring (bicyclic) bond motifs is 1. The molecular formula is C29H44N4O2. The number of para-hydroxylation sites is 1. The van der Waals surface area contributed by atoms with Crippen LogP contribution in [-0.2, 0) is 0 Å². The number of nitrogens with zero attached hydrogens (tertiary/aromatic N) is 3. The van der Waals surface area contributed by atoms with Gasteiger partial charge in [-0.25, -0.2) is 9.78 Å². The Balaban J connectivity index is 1.39. The van der Waals surface area contributed by atoms with Crippen molar-refractivity contribution in [3.8, 4) is 0 Å². The van der Waals surface area contributed by atoms with Crippen molar-refractivity contribution in [2.45, 2.75) is 77.8 Å². The number of aromatic nitrogens is 1. The van der Waals surface area contributed by atoms with Crippen molar-refractivity contribution >= 4 is 28.5 Å². The standard InChI is InChI=1S/C29H44N4O2/c1-19(2)23-15-10-20(3)16-27(23)33(29(34)35)18-21-11-13-22(14-12-21)30-28-17-26(32(4)5)24-8-6-7-9-25(24)31-28/h6-9,17,19-23,27H,10-16,18H2,1-5H3,(H,30,31)(H,34,35)/t20-,21-,22+,23+,27-/m1/s1. The maximum atomic E-state index is 12.3. The molecule has 0 unspecified atom stereocenters. The lowest BCUT2D eigenvalue weighted by Crippen LogP contribution is -2.50. The number of hydrogen-bond acceptors (Lipinski definition) is 4. The molecule has 2 aliphatic carbocycles. The molecule has 3 atom stereocenters. The third-order valence-corrected chi connectivity index (χ3v) is 8.46. The Hall–Kier alpha value is -2.50. The second-order valence-corrected chi connectivity index (χ2v) is 11.6. The first-order valence-electron chi connectivity index (χ1n) is 13.6. The van der Waals surface area contributed by atoms with E-state index in [1.807, 2.05) is 11.0 Å². The van der Waals surface area contributed by atoms with Gasteiger partial charge in [0.2, 0.25) is 0 Å². The minimum atomic E-state index is -0.730. The Labute approximate surface area is 211 Å². The quantitative estimate of drug-likeness (QED) is 0.461. The van der Waals surface area contributed by atoms with Crippen LogP contribution in [0.2, 0.25) is 0 Å². The number of anilines is 2. The highest BCUT2D eigenvalue weighted by Gasteiger charge is 2.38. The summed E-state index contributed by atoms with van der Waals surface area (Å²) in [6, 6.07) is 11.0. The van der Waals surface area contributed by atoms with E-state index in [1.54, 1.807) is 0 Å². The zero-order valence-corrected chi connectivity index (χ0v) is 22.2. The van der Waals surface area contributed by atoms with Crippen LogP contribution < -0.4 is 10.2 Å². The highest BCUT2D eigenvalue weighted by molar-refractivity contribution is 5.93. The van der Waals surface area contributed by atoms with Crippen molar-refractivity contribution in [1.29, 1.82) is 0 Å². The van der Waals surface area contributed by atoms with Gasteiger partial charge in [0.05, 0.1) is 5.52 Å². The van der Waals surface area contributed by atoms with Gasteiger partial charge in [-0.05, 0) is 68.3 Å². The van der Waals surface area contributed by atoms with Crippen LogP contribution in [0.4, 0.5) is 16.3 Å². The van der Waals surface area contributed by atoms with E-state index in [4.69, 9.17) is 4.98 Å². The van der Waals surface area contributed by atoms with Crippen molar-refractivity contribution in [3.63, 3.8) is 0 Å². The van der Waals surface area contributed by atoms with Crippen molar-refractivity contribution in [1.82, 2.24) is 9.88 Å². The summed E-state index contributed by atoms with van der Waals surface area (Å²) in [6.07, 6.45) is 6.88. The molecule has 0 aliphatic heterocycles. The lowest BCUT2D eigenvalue weighted by Gasteiger charge is -2.44. The Morgan fingerprint density at radius 1 is 1.11 bits per heavy atom. The van der Waals surface area contributed by atoms with Crippen LogP contribution in [0.3, 0.4) is 0 Å². The van der Waals surface area contributed by atoms with Crippen LogP contribution in [-0.4, -0.2) is 53.8 Å². The third kappa shape index (κ3) is 6.02. The van der Waals surface area contributed by atoms with Gasteiger partial charge in [0.25, 0.3) is 0 Å². The minimum absolute atomic E-state index is 0.165. The number of nitrogens with one attached hydrogen (secondary N) is 1. The van der Waals surface area contributed by atoms with Gasteiger partial charge in [0, 0.05) is 49.9 Å². The van der Waals surface area contributed by atoms with E-state index in [0.717, 1.165) is 55.2 Å². The van der Waals surface area contributed by atoms with E-state index in [1.165, 1.54) is 12.1 Å². The molecule has 2 saturated carbocycles. The van der Waals surface area contributed by atoms with Gasteiger partial charge in [0.15, 0.2) is 0 Å². The van der Waals surface area contributed by atoms with E-state index in [9.17, 15) is 9.90 Å². The first-order valence-corrected chi connectivity index (χ1v) is 13.6. The lowest BCUT2D eigenvalue weighted by molar-refractivity contribution is 0.0440. The average Bonchev–Trinajstić information content (AvgIpc) is 2.82. The van der Waals surface area contributed by atoms with Crippen LogP contribution in [0.5, 0.6) is 0 Å². The molecule has 2 aromatic rings. The smallest absolute Gasteiger partial charge is 0.407 e. The van der Waals surface area contributed by atoms with Crippen LogP contribution in [0, 0.1) is 23.7 Å². The Kier molecular flexibility index (Phi) is 8.08. The normalized spacial score (nSPS) is 27.1. The second kappa shape index (κ2) is 11.0. The van der Waals surface area contributed by atoms with Crippen molar-refractivity contribution in [2.75, 3.05) is 30.9 Å². The Morgan fingerprint density at radius 2 is 1.83 bits per heavy atom. The van der Waals surface area contributed by atoms with E-state index in [0.29, 0.717) is 36.3 Å². The van der Waals surface area contributed by atoms with Gasteiger partial charge in [-0.3, -0.25) is 0 Å². The van der Waals surface area contributed by atoms with Crippen LogP contribution in [0.25, 0.3) is 10.9 Å². The predicted octanol–water partition coefficient (Wildman–Crippen LogP) is 6.71. The highest BCUT2D eigenvalue weighted by atomic mass is 16.4. The summed E-state index contributed by atoms with van der Waals surface area (Å²) in [5, 5.41) is 15.0. The van der Waals surface area contributed by atoms with Crippen LogP contribution in [0.15, 0.2) is 30.3 Å².